The summed E-state index contributed by atoms with van der Waals surface area (Å²) in [4.78, 5) is 14.8. The van der Waals surface area contributed by atoms with Gasteiger partial charge in [0.1, 0.15) is 11.5 Å². The molecule has 7 heteroatoms. The molecule has 160 valence electrons. The molecule has 5 rings (SSSR count). The Morgan fingerprint density at radius 3 is 2.71 bits per heavy atom. The largest absolute Gasteiger partial charge is 0.391 e. The number of nitrogens with zero attached hydrogens (tertiary/aromatic N) is 4. The monoisotopic (exact) mass is 420 g/mol. The second kappa shape index (κ2) is 7.57. The zero-order valence-corrected chi connectivity index (χ0v) is 17.7. The summed E-state index contributed by atoms with van der Waals surface area (Å²) in [6.07, 6.45) is 4.25. The summed E-state index contributed by atoms with van der Waals surface area (Å²) in [6, 6.07) is 8.94. The molecule has 31 heavy (non-hydrogen) atoms. The van der Waals surface area contributed by atoms with Gasteiger partial charge in [-0.2, -0.15) is 0 Å². The van der Waals surface area contributed by atoms with Gasteiger partial charge in [-0.25, -0.2) is 4.39 Å². The Hall–Kier alpha value is -3.06. The highest BCUT2D eigenvalue weighted by Gasteiger charge is 2.38. The number of aromatic nitrogens is 3. The first-order valence-corrected chi connectivity index (χ1v) is 10.7. The Balaban J connectivity index is 1.40. The van der Waals surface area contributed by atoms with Gasteiger partial charge in [-0.3, -0.25) is 9.48 Å². The number of carbonyl (C=O) groups excluding carboxylic acids is 1. The van der Waals surface area contributed by atoms with E-state index in [0.29, 0.717) is 35.3 Å². The minimum Gasteiger partial charge on any atom is -0.391 e. The Morgan fingerprint density at radius 2 is 2.03 bits per heavy atom. The van der Waals surface area contributed by atoms with Crippen LogP contribution in [0, 0.1) is 12.7 Å². The first-order valence-electron chi connectivity index (χ1n) is 10.7. The normalized spacial score (nSPS) is 20.5. The van der Waals surface area contributed by atoms with Crippen molar-refractivity contribution in [1.82, 2.24) is 19.9 Å². The summed E-state index contributed by atoms with van der Waals surface area (Å²) < 4.78 is 16.4. The van der Waals surface area contributed by atoms with Crippen LogP contribution in [0.15, 0.2) is 36.5 Å². The zero-order valence-electron chi connectivity index (χ0n) is 17.7. The molecule has 3 aromatic rings. The molecule has 0 bridgehead atoms. The molecule has 1 fully saturated rings. The number of aryl methyl sites for hydroxylation is 2. The van der Waals surface area contributed by atoms with Gasteiger partial charge in [-0.1, -0.05) is 23.4 Å². The lowest BCUT2D eigenvalue weighted by molar-refractivity contribution is 0.0479. The number of rotatable bonds is 4. The molecule has 2 heterocycles. The lowest BCUT2D eigenvalue weighted by Gasteiger charge is -2.26. The molecule has 2 aliphatic rings. The number of amides is 1. The second-order valence-corrected chi connectivity index (χ2v) is 8.69. The number of benzene rings is 2. The van der Waals surface area contributed by atoms with E-state index in [4.69, 9.17) is 0 Å². The zero-order chi connectivity index (χ0) is 21.7. The minimum atomic E-state index is -0.444. The van der Waals surface area contributed by atoms with E-state index in [0.717, 1.165) is 36.0 Å². The summed E-state index contributed by atoms with van der Waals surface area (Å²) in [7, 11) is 1.77. The molecule has 0 spiro atoms. The van der Waals surface area contributed by atoms with Crippen LogP contribution in [-0.4, -0.2) is 43.1 Å². The molecule has 1 N–H and O–H groups in total. The van der Waals surface area contributed by atoms with Gasteiger partial charge in [-0.15, -0.1) is 5.10 Å². The lowest BCUT2D eigenvalue weighted by Crippen LogP contribution is -2.40. The van der Waals surface area contributed by atoms with Gasteiger partial charge in [0, 0.05) is 31.1 Å². The Kier molecular flexibility index (Phi) is 4.85. The minimum absolute atomic E-state index is 0.0272. The van der Waals surface area contributed by atoms with Crippen molar-refractivity contribution in [3.8, 4) is 11.3 Å². The van der Waals surface area contributed by atoms with E-state index < -0.39 is 6.10 Å². The fourth-order valence-corrected chi connectivity index (χ4v) is 4.83. The van der Waals surface area contributed by atoms with Crippen molar-refractivity contribution in [1.29, 1.82) is 0 Å². The van der Waals surface area contributed by atoms with Crippen molar-refractivity contribution in [2.45, 2.75) is 51.3 Å². The number of fused-ring (bicyclic) bond motifs is 1. The van der Waals surface area contributed by atoms with Crippen molar-refractivity contribution in [2.75, 3.05) is 0 Å². The number of aliphatic hydroxyl groups is 1. The number of carbonyl (C=O) groups is 1. The number of halogens is 1. The average Bonchev–Trinajstić information content (AvgIpc) is 3.43. The van der Waals surface area contributed by atoms with Crippen LogP contribution in [0.4, 0.5) is 4.39 Å². The maximum absolute atomic E-state index is 14.9. The van der Waals surface area contributed by atoms with Crippen molar-refractivity contribution >= 4 is 5.91 Å². The summed E-state index contributed by atoms with van der Waals surface area (Å²) in [6.45, 7) is 2.54. The number of hydrogen-bond acceptors (Lipinski definition) is 4. The molecule has 0 radical (unpaired) electrons. The molecule has 1 saturated carbocycles. The predicted molar refractivity (Wildman–Crippen MR) is 114 cm³/mol. The van der Waals surface area contributed by atoms with Gasteiger partial charge >= 0.3 is 0 Å². The van der Waals surface area contributed by atoms with Crippen LogP contribution in [0.2, 0.25) is 0 Å². The third-order valence-corrected chi connectivity index (χ3v) is 6.57. The maximum Gasteiger partial charge on any atom is 0.254 e. The Morgan fingerprint density at radius 1 is 1.19 bits per heavy atom. The molecule has 2 aromatic carbocycles. The number of aliphatic hydroxyl groups excluding tert-OH is 1. The fraction of sp³-hybridized carbons (Fsp3) is 0.375. The van der Waals surface area contributed by atoms with E-state index in [9.17, 15) is 14.3 Å². The second-order valence-electron chi connectivity index (χ2n) is 8.69. The topological polar surface area (TPSA) is 71.2 Å². The van der Waals surface area contributed by atoms with E-state index >= 15 is 0 Å². The first-order chi connectivity index (χ1) is 14.9. The van der Waals surface area contributed by atoms with Crippen LogP contribution >= 0.6 is 0 Å². The molecule has 1 aromatic heterocycles. The molecule has 1 aliphatic carbocycles. The van der Waals surface area contributed by atoms with E-state index in [1.165, 1.54) is 6.07 Å². The lowest BCUT2D eigenvalue weighted by atomic mass is 9.95. The van der Waals surface area contributed by atoms with Crippen LogP contribution in [0.3, 0.4) is 0 Å². The molecule has 1 amide bonds. The van der Waals surface area contributed by atoms with Crippen molar-refractivity contribution in [2.24, 2.45) is 7.05 Å². The number of hydrogen-bond donors (Lipinski definition) is 1. The van der Waals surface area contributed by atoms with Crippen molar-refractivity contribution in [3.05, 3.63) is 70.2 Å². The molecular formula is C24H25FN4O2. The molecule has 0 saturated heterocycles. The highest BCUT2D eigenvalue weighted by atomic mass is 19.1. The third kappa shape index (κ3) is 3.53. The fourth-order valence-electron chi connectivity index (χ4n) is 4.83. The Labute approximate surface area is 180 Å². The molecule has 0 unspecified atom stereocenters. The van der Waals surface area contributed by atoms with Crippen LogP contribution in [0.5, 0.6) is 0 Å². The average molecular weight is 420 g/mol. The van der Waals surface area contributed by atoms with E-state index in [-0.39, 0.29) is 17.8 Å². The first kappa shape index (κ1) is 19.9. The van der Waals surface area contributed by atoms with Gasteiger partial charge in [0.25, 0.3) is 5.91 Å². The molecule has 1 aliphatic heterocycles. The van der Waals surface area contributed by atoms with Crippen LogP contribution in [0.25, 0.3) is 11.3 Å². The highest BCUT2D eigenvalue weighted by molar-refractivity contribution is 5.99. The van der Waals surface area contributed by atoms with E-state index in [1.807, 2.05) is 30.0 Å². The SMILES string of the molecule is Cc1cc2c(cc1Cc1ccc(-c3cn(C)nn3)cc1F)C(=O)N([C@H]1CCC[C@@H]1O)C2. The van der Waals surface area contributed by atoms with E-state index in [1.54, 1.807) is 24.0 Å². The summed E-state index contributed by atoms with van der Waals surface area (Å²) in [5.74, 6) is -0.328. The highest BCUT2D eigenvalue weighted by Crippen LogP contribution is 2.34. The van der Waals surface area contributed by atoms with Crippen molar-refractivity contribution in [3.63, 3.8) is 0 Å². The third-order valence-electron chi connectivity index (χ3n) is 6.57. The predicted octanol–water partition coefficient (Wildman–Crippen LogP) is 3.39. The maximum atomic E-state index is 14.9. The smallest absolute Gasteiger partial charge is 0.254 e. The Bertz CT molecular complexity index is 1170. The summed E-state index contributed by atoms with van der Waals surface area (Å²) >= 11 is 0. The molecule has 6 nitrogen and oxygen atoms in total. The van der Waals surface area contributed by atoms with Gasteiger partial charge in [0.15, 0.2) is 0 Å². The standard InChI is InChI=1S/C24H25FN4O2/c1-14-8-18-12-29(22-4-3-5-23(22)30)24(31)19(18)10-17(14)9-15-6-7-16(11-20(15)25)21-13-28(2)27-26-21/h6-8,10-11,13,22-23,30H,3-5,9,12H2,1-2H3/t22-,23-/m0/s1. The van der Waals surface area contributed by atoms with E-state index in [2.05, 4.69) is 10.3 Å². The van der Waals surface area contributed by atoms with Gasteiger partial charge < -0.3 is 10.0 Å². The van der Waals surface area contributed by atoms with Gasteiger partial charge in [0.05, 0.1) is 18.3 Å². The summed E-state index contributed by atoms with van der Waals surface area (Å²) in [5, 5.41) is 18.2. The molecular weight excluding hydrogens is 395 g/mol. The molecule has 2 atom stereocenters. The van der Waals surface area contributed by atoms with Crippen LogP contribution in [-0.2, 0) is 20.0 Å². The van der Waals surface area contributed by atoms with Gasteiger partial charge in [0.2, 0.25) is 0 Å². The summed E-state index contributed by atoms with van der Waals surface area (Å²) in [5.41, 5.74) is 5.52. The quantitative estimate of drug-likeness (QED) is 0.702. The van der Waals surface area contributed by atoms with Crippen molar-refractivity contribution < 1.29 is 14.3 Å². The van der Waals surface area contributed by atoms with Crippen LogP contribution in [0.1, 0.15) is 51.9 Å². The van der Waals surface area contributed by atoms with Gasteiger partial charge in [-0.05, 0) is 60.6 Å². The van der Waals surface area contributed by atoms with Crippen LogP contribution < -0.4 is 0 Å².